The van der Waals surface area contributed by atoms with Crippen LogP contribution in [0.2, 0.25) is 0 Å². The minimum atomic E-state index is -0.629. The highest BCUT2D eigenvalue weighted by Crippen LogP contribution is 2.37. The minimum absolute atomic E-state index is 0.206. The second kappa shape index (κ2) is 4.64. The molecule has 3 nitrogen and oxygen atoms in total. The van der Waals surface area contributed by atoms with Crippen molar-refractivity contribution in [3.63, 3.8) is 0 Å². The van der Waals surface area contributed by atoms with Gasteiger partial charge in [0.25, 0.3) is 0 Å². The Morgan fingerprint density at radius 1 is 1.21 bits per heavy atom. The smallest absolute Gasteiger partial charge is 0.153 e. The molecule has 19 heavy (non-hydrogen) atoms. The van der Waals surface area contributed by atoms with Crippen molar-refractivity contribution in [1.29, 1.82) is 0 Å². The molecule has 102 valence electrons. The van der Waals surface area contributed by atoms with Crippen molar-refractivity contribution in [2.75, 3.05) is 5.73 Å². The molecule has 0 aliphatic carbocycles. The largest absolute Gasteiger partial charge is 0.382 e. The third kappa shape index (κ3) is 2.45. The summed E-state index contributed by atoms with van der Waals surface area (Å²) in [7, 11) is 0. The Balaban J connectivity index is 2.65. The summed E-state index contributed by atoms with van der Waals surface area (Å²) >= 11 is 0. The maximum atomic E-state index is 13.4. The molecular weight excluding hydrogens is 248 g/mol. The maximum absolute atomic E-state index is 13.4. The predicted octanol–water partition coefficient (Wildman–Crippen LogP) is 3.62. The number of halogens is 2. The minimum Gasteiger partial charge on any atom is -0.382 e. The van der Waals surface area contributed by atoms with E-state index < -0.39 is 11.6 Å². The van der Waals surface area contributed by atoms with Crippen molar-refractivity contribution < 1.29 is 8.78 Å². The van der Waals surface area contributed by atoms with Gasteiger partial charge in [-0.05, 0) is 24.1 Å². The lowest BCUT2D eigenvalue weighted by atomic mass is 9.83. The lowest BCUT2D eigenvalue weighted by Gasteiger charge is -2.22. The van der Waals surface area contributed by atoms with Gasteiger partial charge in [0.1, 0.15) is 11.6 Å². The zero-order valence-corrected chi connectivity index (χ0v) is 11.2. The van der Waals surface area contributed by atoms with E-state index in [1.54, 1.807) is 0 Å². The quantitative estimate of drug-likeness (QED) is 0.890. The number of nitrogens with two attached hydrogens (primary N) is 1. The predicted molar refractivity (Wildman–Crippen MR) is 71.7 cm³/mol. The van der Waals surface area contributed by atoms with Gasteiger partial charge in [0.15, 0.2) is 5.82 Å². The van der Waals surface area contributed by atoms with Crippen LogP contribution in [0.1, 0.15) is 32.9 Å². The molecule has 1 aromatic carbocycles. The molecule has 1 heterocycles. The topological polar surface area (TPSA) is 54.7 Å². The van der Waals surface area contributed by atoms with E-state index in [4.69, 9.17) is 5.73 Å². The van der Waals surface area contributed by atoms with Crippen LogP contribution in [-0.4, -0.2) is 10.2 Å². The summed E-state index contributed by atoms with van der Waals surface area (Å²) < 4.78 is 26.7. The molecule has 0 spiro atoms. The first-order valence-corrected chi connectivity index (χ1v) is 6.16. The normalized spacial score (nSPS) is 11.8. The summed E-state index contributed by atoms with van der Waals surface area (Å²) in [5, 5.41) is 6.86. The van der Waals surface area contributed by atoms with Gasteiger partial charge < -0.3 is 5.73 Å². The Labute approximate surface area is 110 Å². The SMILES string of the molecule is CCC(C)(C)c1[nH]nc(N)c1-c1cc(F)cc(F)c1. The van der Waals surface area contributed by atoms with E-state index >= 15 is 0 Å². The molecule has 5 heteroatoms. The Morgan fingerprint density at radius 2 is 1.79 bits per heavy atom. The van der Waals surface area contributed by atoms with Crippen molar-refractivity contribution in [3.8, 4) is 11.1 Å². The summed E-state index contributed by atoms with van der Waals surface area (Å²) in [4.78, 5) is 0. The van der Waals surface area contributed by atoms with Crippen molar-refractivity contribution in [2.24, 2.45) is 0 Å². The highest BCUT2D eigenvalue weighted by Gasteiger charge is 2.27. The van der Waals surface area contributed by atoms with Crippen molar-refractivity contribution >= 4 is 5.82 Å². The van der Waals surface area contributed by atoms with Gasteiger partial charge >= 0.3 is 0 Å². The number of H-pyrrole nitrogens is 1. The third-order valence-corrected chi connectivity index (χ3v) is 3.51. The second-order valence-electron chi connectivity index (χ2n) is 5.25. The van der Waals surface area contributed by atoms with E-state index in [1.165, 1.54) is 12.1 Å². The molecule has 0 bridgehead atoms. The number of anilines is 1. The monoisotopic (exact) mass is 265 g/mol. The molecular formula is C14H17F2N3. The van der Waals surface area contributed by atoms with Gasteiger partial charge in [-0.3, -0.25) is 5.10 Å². The fourth-order valence-electron chi connectivity index (χ4n) is 2.01. The molecule has 0 fully saturated rings. The average Bonchev–Trinajstić information content (AvgIpc) is 2.70. The van der Waals surface area contributed by atoms with E-state index in [-0.39, 0.29) is 11.2 Å². The highest BCUT2D eigenvalue weighted by molar-refractivity contribution is 5.77. The lowest BCUT2D eigenvalue weighted by Crippen LogP contribution is -2.17. The lowest BCUT2D eigenvalue weighted by molar-refractivity contribution is 0.490. The number of hydrogen-bond donors (Lipinski definition) is 2. The molecule has 3 N–H and O–H groups in total. The Morgan fingerprint density at radius 3 is 2.32 bits per heavy atom. The highest BCUT2D eigenvalue weighted by atomic mass is 19.1. The first-order valence-electron chi connectivity index (χ1n) is 6.16. The van der Waals surface area contributed by atoms with Gasteiger partial charge in [0.05, 0.1) is 5.69 Å². The molecule has 0 aliphatic heterocycles. The average molecular weight is 265 g/mol. The van der Waals surface area contributed by atoms with Crippen LogP contribution in [0, 0.1) is 11.6 Å². The number of nitrogen functional groups attached to an aromatic ring is 1. The molecule has 1 aromatic heterocycles. The number of nitrogens with zero attached hydrogens (tertiary/aromatic N) is 1. The summed E-state index contributed by atoms with van der Waals surface area (Å²) in [6.07, 6.45) is 0.847. The molecule has 2 rings (SSSR count). The Bertz CT molecular complexity index is 582. The fourth-order valence-corrected chi connectivity index (χ4v) is 2.01. The van der Waals surface area contributed by atoms with Crippen molar-refractivity contribution in [1.82, 2.24) is 10.2 Å². The van der Waals surface area contributed by atoms with E-state index in [9.17, 15) is 8.78 Å². The first-order chi connectivity index (χ1) is 8.85. The van der Waals surface area contributed by atoms with Gasteiger partial charge in [-0.25, -0.2) is 8.78 Å². The summed E-state index contributed by atoms with van der Waals surface area (Å²) in [6, 6.07) is 3.36. The second-order valence-corrected chi connectivity index (χ2v) is 5.25. The number of rotatable bonds is 3. The number of aromatic nitrogens is 2. The third-order valence-electron chi connectivity index (χ3n) is 3.51. The van der Waals surface area contributed by atoms with Crippen LogP contribution in [0.15, 0.2) is 18.2 Å². The zero-order chi connectivity index (χ0) is 14.2. The molecule has 0 saturated heterocycles. The standard InChI is InChI=1S/C14H17F2N3/c1-4-14(2,3)12-11(13(17)19-18-12)8-5-9(15)7-10(16)6-8/h5-7H,4H2,1-3H3,(H3,17,18,19). The molecule has 0 saturated carbocycles. The summed E-state index contributed by atoms with van der Waals surface area (Å²) in [6.45, 7) is 6.09. The van der Waals surface area contributed by atoms with Crippen LogP contribution < -0.4 is 5.73 Å². The Kier molecular flexibility index (Phi) is 3.30. The van der Waals surface area contributed by atoms with E-state index in [0.29, 0.717) is 11.1 Å². The van der Waals surface area contributed by atoms with Gasteiger partial charge in [-0.15, -0.1) is 0 Å². The van der Waals surface area contributed by atoms with Gasteiger partial charge in [-0.2, -0.15) is 5.10 Å². The number of aromatic amines is 1. The van der Waals surface area contributed by atoms with Crippen molar-refractivity contribution in [2.45, 2.75) is 32.6 Å². The van der Waals surface area contributed by atoms with Crippen LogP contribution in [-0.2, 0) is 5.41 Å². The molecule has 2 aromatic rings. The van der Waals surface area contributed by atoms with Gasteiger partial charge in [-0.1, -0.05) is 20.8 Å². The maximum Gasteiger partial charge on any atom is 0.153 e. The molecule has 0 unspecified atom stereocenters. The van der Waals surface area contributed by atoms with Gasteiger partial charge in [0, 0.05) is 17.0 Å². The zero-order valence-electron chi connectivity index (χ0n) is 11.2. The van der Waals surface area contributed by atoms with E-state index in [1.807, 2.05) is 20.8 Å². The van der Waals surface area contributed by atoms with Crippen LogP contribution in [0.25, 0.3) is 11.1 Å². The fraction of sp³-hybridized carbons (Fsp3) is 0.357. The number of benzene rings is 1. The van der Waals surface area contributed by atoms with Crippen LogP contribution in [0.3, 0.4) is 0 Å². The molecule has 0 aliphatic rings. The van der Waals surface area contributed by atoms with Crippen molar-refractivity contribution in [3.05, 3.63) is 35.5 Å². The molecule has 0 amide bonds. The molecule has 0 atom stereocenters. The Hall–Kier alpha value is -1.91. The van der Waals surface area contributed by atoms with Crippen LogP contribution in [0.4, 0.5) is 14.6 Å². The molecule has 0 radical (unpaired) electrons. The van der Waals surface area contributed by atoms with Gasteiger partial charge in [0.2, 0.25) is 0 Å². The van der Waals surface area contributed by atoms with Crippen LogP contribution >= 0.6 is 0 Å². The summed E-state index contributed by atoms with van der Waals surface area (Å²) in [5.74, 6) is -1.01. The number of nitrogens with one attached hydrogen (secondary N) is 1. The summed E-state index contributed by atoms with van der Waals surface area (Å²) in [5.41, 5.74) is 7.40. The first kappa shape index (κ1) is 13.5. The van der Waals surface area contributed by atoms with Crippen LogP contribution in [0.5, 0.6) is 0 Å². The van der Waals surface area contributed by atoms with E-state index in [2.05, 4.69) is 10.2 Å². The number of hydrogen-bond acceptors (Lipinski definition) is 2. The van der Waals surface area contributed by atoms with E-state index in [0.717, 1.165) is 18.2 Å².